The van der Waals surface area contributed by atoms with E-state index in [0.29, 0.717) is 22.0 Å². The maximum atomic E-state index is 13.0. The number of nitrogens with two attached hydrogens (primary N) is 1. The summed E-state index contributed by atoms with van der Waals surface area (Å²) in [7, 11) is 1.52. The predicted octanol–water partition coefficient (Wildman–Crippen LogP) is 3.15. The predicted molar refractivity (Wildman–Crippen MR) is 83.2 cm³/mol. The lowest BCUT2D eigenvalue weighted by molar-refractivity contribution is -0.113. The molecule has 3 N–H and O–H groups in total. The molecule has 0 atom stereocenters. The Bertz CT molecular complexity index is 649. The number of hydrogen-bond donors (Lipinski definition) is 2. The van der Waals surface area contributed by atoms with Crippen LogP contribution in [0.5, 0.6) is 5.75 Å². The zero-order valence-electron chi connectivity index (χ0n) is 11.4. The number of thioether (sulfide) groups is 1. The van der Waals surface area contributed by atoms with E-state index in [2.05, 4.69) is 5.32 Å². The van der Waals surface area contributed by atoms with Gasteiger partial charge in [0.25, 0.3) is 0 Å². The molecule has 0 heterocycles. The second kappa shape index (κ2) is 6.99. The zero-order chi connectivity index (χ0) is 15.2. The highest BCUT2D eigenvalue weighted by Gasteiger charge is 2.09. The van der Waals surface area contributed by atoms with Crippen LogP contribution in [0.3, 0.4) is 0 Å². The summed E-state index contributed by atoms with van der Waals surface area (Å²) in [6.07, 6.45) is 0. The van der Waals surface area contributed by atoms with E-state index >= 15 is 0 Å². The maximum absolute atomic E-state index is 13.0. The zero-order valence-corrected chi connectivity index (χ0v) is 12.2. The van der Waals surface area contributed by atoms with Crippen LogP contribution in [0.15, 0.2) is 47.4 Å². The van der Waals surface area contributed by atoms with Gasteiger partial charge >= 0.3 is 0 Å². The molecule has 0 aromatic heterocycles. The average Bonchev–Trinajstić information content (AvgIpc) is 2.45. The van der Waals surface area contributed by atoms with Crippen LogP contribution >= 0.6 is 11.8 Å². The summed E-state index contributed by atoms with van der Waals surface area (Å²) < 4.78 is 18.2. The van der Waals surface area contributed by atoms with Crippen molar-refractivity contribution >= 4 is 29.0 Å². The molecule has 2 rings (SSSR count). The largest absolute Gasteiger partial charge is 0.495 e. The monoisotopic (exact) mass is 306 g/mol. The molecular weight excluding hydrogens is 291 g/mol. The molecule has 21 heavy (non-hydrogen) atoms. The summed E-state index contributed by atoms with van der Waals surface area (Å²) in [6, 6.07) is 11.1. The van der Waals surface area contributed by atoms with Crippen molar-refractivity contribution in [3.63, 3.8) is 0 Å². The molecule has 0 saturated carbocycles. The van der Waals surface area contributed by atoms with Crippen molar-refractivity contribution < 1.29 is 13.9 Å². The Labute approximate surface area is 126 Å². The number of carbonyl (C=O) groups excluding carboxylic acids is 1. The molecule has 0 saturated heterocycles. The number of nitrogens with one attached hydrogen (secondary N) is 1. The Morgan fingerprint density at radius 3 is 2.86 bits per heavy atom. The normalized spacial score (nSPS) is 10.2. The number of hydrogen-bond acceptors (Lipinski definition) is 4. The van der Waals surface area contributed by atoms with Crippen molar-refractivity contribution in [1.82, 2.24) is 0 Å². The van der Waals surface area contributed by atoms with Gasteiger partial charge < -0.3 is 15.8 Å². The highest BCUT2D eigenvalue weighted by molar-refractivity contribution is 8.00. The van der Waals surface area contributed by atoms with Crippen molar-refractivity contribution in [2.45, 2.75) is 4.90 Å². The fraction of sp³-hybridized carbons (Fsp3) is 0.133. The molecule has 0 radical (unpaired) electrons. The summed E-state index contributed by atoms with van der Waals surface area (Å²) in [5, 5.41) is 2.73. The first kappa shape index (κ1) is 15.2. The fourth-order valence-electron chi connectivity index (χ4n) is 1.72. The molecule has 4 nitrogen and oxygen atoms in total. The molecule has 0 aliphatic carbocycles. The first-order valence-electron chi connectivity index (χ1n) is 6.20. The third-order valence-corrected chi connectivity index (χ3v) is 3.66. The average molecular weight is 306 g/mol. The van der Waals surface area contributed by atoms with E-state index in [9.17, 15) is 9.18 Å². The molecule has 0 spiro atoms. The second-order valence-electron chi connectivity index (χ2n) is 4.25. The highest BCUT2D eigenvalue weighted by Crippen LogP contribution is 2.27. The molecule has 0 unspecified atom stereocenters. The first-order valence-corrected chi connectivity index (χ1v) is 7.19. The van der Waals surface area contributed by atoms with E-state index < -0.39 is 0 Å². The van der Waals surface area contributed by atoms with Gasteiger partial charge in [0.05, 0.1) is 18.6 Å². The number of methoxy groups -OCH3 is 1. The number of benzene rings is 2. The highest BCUT2D eigenvalue weighted by atomic mass is 32.2. The van der Waals surface area contributed by atoms with Crippen LogP contribution in [-0.2, 0) is 4.79 Å². The van der Waals surface area contributed by atoms with E-state index in [-0.39, 0.29) is 17.5 Å². The van der Waals surface area contributed by atoms with Gasteiger partial charge in [0.15, 0.2) is 0 Å². The van der Waals surface area contributed by atoms with Crippen LogP contribution < -0.4 is 15.8 Å². The number of ether oxygens (including phenoxy) is 1. The second-order valence-corrected chi connectivity index (χ2v) is 5.30. The maximum Gasteiger partial charge on any atom is 0.234 e. The van der Waals surface area contributed by atoms with Crippen LogP contribution in [0.2, 0.25) is 0 Å². The minimum Gasteiger partial charge on any atom is -0.495 e. The molecule has 0 fully saturated rings. The Morgan fingerprint density at radius 2 is 2.14 bits per heavy atom. The van der Waals surface area contributed by atoms with Gasteiger partial charge in [-0.3, -0.25) is 4.79 Å². The van der Waals surface area contributed by atoms with Gasteiger partial charge in [-0.2, -0.15) is 0 Å². The van der Waals surface area contributed by atoms with Gasteiger partial charge in [-0.15, -0.1) is 11.8 Å². The smallest absolute Gasteiger partial charge is 0.234 e. The van der Waals surface area contributed by atoms with Crippen LogP contribution in [0.1, 0.15) is 0 Å². The minimum atomic E-state index is -0.321. The van der Waals surface area contributed by atoms with Gasteiger partial charge in [-0.05, 0) is 36.4 Å². The van der Waals surface area contributed by atoms with E-state index in [1.54, 1.807) is 30.3 Å². The number of carbonyl (C=O) groups is 1. The third-order valence-electron chi connectivity index (χ3n) is 2.66. The first-order chi connectivity index (χ1) is 10.1. The Kier molecular flexibility index (Phi) is 5.05. The molecule has 110 valence electrons. The van der Waals surface area contributed by atoms with E-state index in [1.807, 2.05) is 0 Å². The van der Waals surface area contributed by atoms with Crippen LogP contribution in [0, 0.1) is 5.82 Å². The molecular formula is C15H15FN2O2S. The van der Waals surface area contributed by atoms with Crippen LogP contribution in [-0.4, -0.2) is 18.8 Å². The van der Waals surface area contributed by atoms with Gasteiger partial charge in [0, 0.05) is 10.6 Å². The molecule has 0 aliphatic rings. The van der Waals surface area contributed by atoms with Crippen LogP contribution in [0.4, 0.5) is 15.8 Å². The van der Waals surface area contributed by atoms with E-state index in [0.717, 1.165) is 0 Å². The summed E-state index contributed by atoms with van der Waals surface area (Å²) >= 11 is 1.26. The standard InChI is InChI=1S/C15H15FN2O2S/c1-20-14-6-5-11(17)8-13(14)18-15(19)9-21-12-4-2-3-10(16)7-12/h2-8H,9,17H2,1H3,(H,18,19). The van der Waals surface area contributed by atoms with Crippen molar-refractivity contribution in [2.24, 2.45) is 0 Å². The van der Waals surface area contributed by atoms with Gasteiger partial charge in [-0.25, -0.2) is 4.39 Å². The van der Waals surface area contributed by atoms with Crippen molar-refractivity contribution in [3.05, 3.63) is 48.3 Å². The molecule has 6 heteroatoms. The SMILES string of the molecule is COc1ccc(N)cc1NC(=O)CSc1cccc(F)c1. The van der Waals surface area contributed by atoms with Crippen molar-refractivity contribution in [2.75, 3.05) is 23.9 Å². The molecule has 2 aromatic carbocycles. The number of nitrogen functional groups attached to an aromatic ring is 1. The third kappa shape index (κ3) is 4.39. The van der Waals surface area contributed by atoms with Crippen molar-refractivity contribution in [3.8, 4) is 5.75 Å². The van der Waals surface area contributed by atoms with Gasteiger partial charge in [0.2, 0.25) is 5.91 Å². The number of halogens is 1. The lowest BCUT2D eigenvalue weighted by Crippen LogP contribution is -2.14. The molecule has 0 bridgehead atoms. The number of rotatable bonds is 5. The lowest BCUT2D eigenvalue weighted by atomic mass is 10.2. The molecule has 0 aliphatic heterocycles. The molecule has 2 aromatic rings. The number of amides is 1. The quantitative estimate of drug-likeness (QED) is 0.658. The van der Waals surface area contributed by atoms with Gasteiger partial charge in [0.1, 0.15) is 11.6 Å². The summed E-state index contributed by atoms with van der Waals surface area (Å²) in [5.41, 5.74) is 6.73. The summed E-state index contributed by atoms with van der Waals surface area (Å²) in [4.78, 5) is 12.6. The van der Waals surface area contributed by atoms with E-state index in [1.165, 1.54) is 31.0 Å². The summed E-state index contributed by atoms with van der Waals surface area (Å²) in [6.45, 7) is 0. The number of anilines is 2. The van der Waals surface area contributed by atoms with Crippen LogP contribution in [0.25, 0.3) is 0 Å². The van der Waals surface area contributed by atoms with Crippen molar-refractivity contribution in [1.29, 1.82) is 0 Å². The Hall–Kier alpha value is -2.21. The fourth-order valence-corrected chi connectivity index (χ4v) is 2.46. The minimum absolute atomic E-state index is 0.168. The Balaban J connectivity index is 1.97. The topological polar surface area (TPSA) is 64.3 Å². The van der Waals surface area contributed by atoms with E-state index in [4.69, 9.17) is 10.5 Å². The lowest BCUT2D eigenvalue weighted by Gasteiger charge is -2.10. The summed E-state index contributed by atoms with van der Waals surface area (Å²) in [5.74, 6) is 0.167. The van der Waals surface area contributed by atoms with Gasteiger partial charge in [-0.1, -0.05) is 6.07 Å². The molecule has 1 amide bonds. The Morgan fingerprint density at radius 1 is 1.33 bits per heavy atom.